The number of hydrogen-bond donors (Lipinski definition) is 0. The second-order valence-corrected chi connectivity index (χ2v) is 6.26. The number of benzene rings is 1. The first-order valence-corrected chi connectivity index (χ1v) is 6.83. The Labute approximate surface area is 117 Å². The molecular weight excluding hydrogens is 235 g/mol. The van der Waals surface area contributed by atoms with Gasteiger partial charge in [0.15, 0.2) is 0 Å². The fraction of sp³-hybridized carbons (Fsp3) is 0.500. The average Bonchev–Trinajstić information content (AvgIpc) is 2.58. The first kappa shape index (κ1) is 14.4. The summed E-state index contributed by atoms with van der Waals surface area (Å²) < 4.78 is 12.2. The summed E-state index contributed by atoms with van der Waals surface area (Å²) in [6.07, 6.45) is 0. The van der Waals surface area contributed by atoms with Crippen LogP contribution < -0.4 is 0 Å². The molecule has 0 saturated carbocycles. The van der Waals surface area contributed by atoms with Gasteiger partial charge in [0.25, 0.3) is 0 Å². The van der Waals surface area contributed by atoms with Gasteiger partial charge in [0.2, 0.25) is 0 Å². The minimum atomic E-state index is -0.282. The minimum absolute atomic E-state index is 0.259. The maximum absolute atomic E-state index is 6.09. The van der Waals surface area contributed by atoms with Crippen LogP contribution in [0.15, 0.2) is 35.8 Å². The molecule has 0 bridgehead atoms. The van der Waals surface area contributed by atoms with Crippen LogP contribution >= 0.6 is 0 Å². The Morgan fingerprint density at radius 1 is 0.895 bits per heavy atom. The molecule has 102 valence electrons. The van der Waals surface area contributed by atoms with E-state index in [9.17, 15) is 0 Å². The summed E-state index contributed by atoms with van der Waals surface area (Å²) in [5.41, 5.74) is 3.02. The zero-order valence-corrected chi connectivity index (χ0v) is 12.8. The van der Waals surface area contributed by atoms with Crippen molar-refractivity contribution in [2.45, 2.75) is 52.7 Å². The molecule has 0 unspecified atom stereocenters. The highest BCUT2D eigenvalue weighted by Gasteiger charge is 2.51. The van der Waals surface area contributed by atoms with Gasteiger partial charge in [-0.2, -0.15) is 0 Å². The predicted octanol–water partition coefficient (Wildman–Crippen LogP) is 4.11. The van der Waals surface area contributed by atoms with Crippen molar-refractivity contribution in [3.8, 4) is 0 Å². The highest BCUT2D eigenvalue weighted by Crippen LogP contribution is 2.39. The maximum atomic E-state index is 6.09. The van der Waals surface area contributed by atoms with E-state index in [1.165, 1.54) is 11.1 Å². The normalized spacial score (nSPS) is 22.3. The molecule has 1 aromatic rings. The van der Waals surface area contributed by atoms with Crippen molar-refractivity contribution in [1.29, 1.82) is 0 Å². The number of rotatable bonds is 2. The molecule has 0 N–H and O–H groups in total. The number of hydrogen-bond acceptors (Lipinski definition) is 2. The molecule has 0 radical (unpaired) electrons. The van der Waals surface area contributed by atoms with Gasteiger partial charge in [-0.25, -0.2) is 0 Å². The molecule has 1 aromatic carbocycles. The summed E-state index contributed by atoms with van der Waals surface area (Å²) >= 11 is 0. The van der Waals surface area contributed by atoms with E-state index in [0.717, 1.165) is 5.47 Å². The van der Waals surface area contributed by atoms with Gasteiger partial charge in [-0.1, -0.05) is 30.3 Å². The Balaban J connectivity index is 2.29. The first-order valence-electron chi connectivity index (χ1n) is 6.83. The van der Waals surface area contributed by atoms with E-state index in [-0.39, 0.29) is 18.3 Å². The second kappa shape index (κ2) is 4.80. The van der Waals surface area contributed by atoms with E-state index in [1.807, 2.05) is 6.07 Å². The lowest BCUT2D eigenvalue weighted by Gasteiger charge is -2.32. The third-order valence-electron chi connectivity index (χ3n) is 4.41. The third kappa shape index (κ3) is 2.63. The van der Waals surface area contributed by atoms with Crippen molar-refractivity contribution in [2.24, 2.45) is 0 Å². The fourth-order valence-electron chi connectivity index (χ4n) is 2.11. The van der Waals surface area contributed by atoms with Gasteiger partial charge in [-0.05, 0) is 58.2 Å². The van der Waals surface area contributed by atoms with E-state index in [2.05, 4.69) is 65.8 Å². The van der Waals surface area contributed by atoms with Crippen LogP contribution in [0.2, 0.25) is 0 Å². The molecule has 1 aliphatic rings. The zero-order chi connectivity index (χ0) is 14.3. The number of allylic oxidation sites excluding steroid dienone is 2. The minimum Gasteiger partial charge on any atom is -0.400 e. The summed E-state index contributed by atoms with van der Waals surface area (Å²) in [7, 11) is -0.259. The molecule has 2 rings (SSSR count). The van der Waals surface area contributed by atoms with E-state index in [4.69, 9.17) is 9.31 Å². The average molecular weight is 258 g/mol. The molecule has 0 spiro atoms. The van der Waals surface area contributed by atoms with Gasteiger partial charge in [-0.3, -0.25) is 0 Å². The van der Waals surface area contributed by atoms with Crippen LogP contribution in [-0.4, -0.2) is 18.3 Å². The predicted molar refractivity (Wildman–Crippen MR) is 80.8 cm³/mol. The largest absolute Gasteiger partial charge is 0.490 e. The molecule has 0 aromatic heterocycles. The molecular formula is C16H23BO2. The Hall–Kier alpha value is -1.06. The van der Waals surface area contributed by atoms with Gasteiger partial charge in [0.05, 0.1) is 11.2 Å². The van der Waals surface area contributed by atoms with Crippen LogP contribution in [0, 0.1) is 0 Å². The highest BCUT2D eigenvalue weighted by molar-refractivity contribution is 6.56. The molecule has 2 nitrogen and oxygen atoms in total. The van der Waals surface area contributed by atoms with Crippen LogP contribution in [0.1, 0.15) is 47.1 Å². The lowest BCUT2D eigenvalue weighted by Crippen LogP contribution is -2.41. The molecule has 1 aliphatic heterocycles. The molecule has 1 saturated heterocycles. The SMILES string of the molecule is C/C(B1OC(C)(C)C(C)(C)O1)=C(/C)c1ccccc1. The van der Waals surface area contributed by atoms with Crippen molar-refractivity contribution in [2.75, 3.05) is 0 Å². The molecule has 0 aliphatic carbocycles. The quantitative estimate of drug-likeness (QED) is 0.743. The monoisotopic (exact) mass is 258 g/mol. The van der Waals surface area contributed by atoms with Crippen molar-refractivity contribution in [3.05, 3.63) is 41.4 Å². The Morgan fingerprint density at radius 2 is 1.37 bits per heavy atom. The molecule has 3 heteroatoms. The zero-order valence-electron chi connectivity index (χ0n) is 12.8. The van der Waals surface area contributed by atoms with E-state index < -0.39 is 0 Å². The van der Waals surface area contributed by atoms with E-state index >= 15 is 0 Å². The second-order valence-electron chi connectivity index (χ2n) is 6.26. The molecule has 0 amide bonds. The molecule has 1 fully saturated rings. The summed E-state index contributed by atoms with van der Waals surface area (Å²) in [6, 6.07) is 10.4. The molecule has 1 heterocycles. The molecule has 19 heavy (non-hydrogen) atoms. The Morgan fingerprint density at radius 3 is 1.84 bits per heavy atom. The maximum Gasteiger partial charge on any atom is 0.490 e. The van der Waals surface area contributed by atoms with Gasteiger partial charge < -0.3 is 9.31 Å². The Bertz CT molecular complexity index is 473. The molecule has 0 atom stereocenters. The summed E-state index contributed by atoms with van der Waals surface area (Å²) in [6.45, 7) is 12.5. The van der Waals surface area contributed by atoms with Crippen molar-refractivity contribution in [1.82, 2.24) is 0 Å². The summed E-state index contributed by atoms with van der Waals surface area (Å²) in [4.78, 5) is 0. The van der Waals surface area contributed by atoms with Crippen molar-refractivity contribution >= 4 is 12.7 Å². The highest BCUT2D eigenvalue weighted by atomic mass is 16.7. The lowest BCUT2D eigenvalue weighted by molar-refractivity contribution is 0.00578. The van der Waals surface area contributed by atoms with Crippen LogP contribution in [0.4, 0.5) is 0 Å². The lowest BCUT2D eigenvalue weighted by atomic mass is 9.75. The fourth-order valence-corrected chi connectivity index (χ4v) is 2.11. The van der Waals surface area contributed by atoms with Crippen molar-refractivity contribution in [3.63, 3.8) is 0 Å². The van der Waals surface area contributed by atoms with Crippen LogP contribution in [0.25, 0.3) is 5.57 Å². The van der Waals surface area contributed by atoms with Crippen molar-refractivity contribution < 1.29 is 9.31 Å². The van der Waals surface area contributed by atoms with Gasteiger partial charge in [0.1, 0.15) is 0 Å². The van der Waals surface area contributed by atoms with Gasteiger partial charge in [0, 0.05) is 0 Å². The van der Waals surface area contributed by atoms with E-state index in [0.29, 0.717) is 0 Å². The standard InChI is InChI=1S/C16H23BO2/c1-12(14-10-8-7-9-11-14)13(2)17-18-15(3,4)16(5,6)19-17/h7-11H,1-6H3/b13-12+. The third-order valence-corrected chi connectivity index (χ3v) is 4.41. The van der Waals surface area contributed by atoms with E-state index in [1.54, 1.807) is 0 Å². The Kier molecular flexibility index (Phi) is 3.63. The van der Waals surface area contributed by atoms with Gasteiger partial charge in [-0.15, -0.1) is 0 Å². The van der Waals surface area contributed by atoms with Gasteiger partial charge >= 0.3 is 7.12 Å². The summed E-state index contributed by atoms with van der Waals surface area (Å²) in [5.74, 6) is 0. The first-order chi connectivity index (χ1) is 8.74. The topological polar surface area (TPSA) is 18.5 Å². The van der Waals surface area contributed by atoms with Crippen LogP contribution in [0.5, 0.6) is 0 Å². The smallest absolute Gasteiger partial charge is 0.400 e. The van der Waals surface area contributed by atoms with Crippen LogP contribution in [-0.2, 0) is 9.31 Å². The summed E-state index contributed by atoms with van der Waals surface area (Å²) in [5, 5.41) is 0. The van der Waals surface area contributed by atoms with Crippen LogP contribution in [0.3, 0.4) is 0 Å².